The fourth-order valence-electron chi connectivity index (χ4n) is 0.580. The molecule has 1 fully saturated rings. The summed E-state index contributed by atoms with van der Waals surface area (Å²) in [7, 11) is 0. The Labute approximate surface area is 43.9 Å². The van der Waals surface area contributed by atoms with Crippen LogP contribution in [0.25, 0.3) is 0 Å². The Hall–Kier alpha value is -0.0800. The van der Waals surface area contributed by atoms with Crippen LogP contribution in [0.1, 0.15) is 12.8 Å². The van der Waals surface area contributed by atoms with Gasteiger partial charge in [0.15, 0.2) is 0 Å². The zero-order valence-electron chi connectivity index (χ0n) is 4.31. The Morgan fingerprint density at radius 1 is 1.57 bits per heavy atom. The van der Waals surface area contributed by atoms with Gasteiger partial charge in [-0.2, -0.15) is 0 Å². The molecule has 0 aromatic heterocycles. The minimum atomic E-state index is 0.694. The molecule has 0 saturated carbocycles. The van der Waals surface area contributed by atoms with Crippen molar-refractivity contribution in [1.29, 1.82) is 0 Å². The highest BCUT2D eigenvalue weighted by molar-refractivity contribution is 4.60. The smallest absolute Gasteiger partial charge is 0.0967 e. The molecule has 7 heavy (non-hydrogen) atoms. The molecule has 1 radical (unpaired) electrons. The van der Waals surface area contributed by atoms with Gasteiger partial charge in [-0.3, -0.25) is 5.32 Å². The SMILES string of the molecule is [CH]1CCCOCN1. The van der Waals surface area contributed by atoms with E-state index >= 15 is 0 Å². The third-order valence-corrected chi connectivity index (χ3v) is 0.967. The lowest BCUT2D eigenvalue weighted by Gasteiger charge is -1.93. The third kappa shape index (κ3) is 1.90. The predicted molar refractivity (Wildman–Crippen MR) is 27.5 cm³/mol. The highest BCUT2D eigenvalue weighted by atomic mass is 16.5. The second kappa shape index (κ2) is 2.99. The Kier molecular flexibility index (Phi) is 2.17. The van der Waals surface area contributed by atoms with Crippen LogP contribution in [0.3, 0.4) is 0 Å². The molecule has 0 aromatic carbocycles. The van der Waals surface area contributed by atoms with E-state index in [-0.39, 0.29) is 0 Å². The van der Waals surface area contributed by atoms with Crippen molar-refractivity contribution in [1.82, 2.24) is 5.32 Å². The molecule has 0 bridgehead atoms. The summed E-state index contributed by atoms with van der Waals surface area (Å²) in [5, 5.41) is 3.00. The van der Waals surface area contributed by atoms with Gasteiger partial charge in [0.05, 0.1) is 6.73 Å². The molecule has 1 aliphatic heterocycles. The van der Waals surface area contributed by atoms with Crippen molar-refractivity contribution in [2.45, 2.75) is 12.8 Å². The highest BCUT2D eigenvalue weighted by Crippen LogP contribution is 1.94. The molecule has 0 unspecified atom stereocenters. The van der Waals surface area contributed by atoms with Crippen LogP contribution in [0, 0.1) is 6.54 Å². The molecule has 1 aliphatic rings. The summed E-state index contributed by atoms with van der Waals surface area (Å²) in [5.41, 5.74) is 0. The van der Waals surface area contributed by atoms with Crippen LogP contribution < -0.4 is 5.32 Å². The molecule has 2 nitrogen and oxygen atoms in total. The molecule has 1 heterocycles. The van der Waals surface area contributed by atoms with Gasteiger partial charge in [-0.25, -0.2) is 0 Å². The Bertz CT molecular complexity index is 27.7. The first-order valence-corrected chi connectivity index (χ1v) is 2.63. The first-order chi connectivity index (χ1) is 3.50. The van der Waals surface area contributed by atoms with Crippen LogP contribution >= 0.6 is 0 Å². The first-order valence-electron chi connectivity index (χ1n) is 2.63. The standard InChI is InChI=1S/C5H10NO/c1-2-4-7-5-6-3-1/h3,6H,1-2,4-5H2. The highest BCUT2D eigenvalue weighted by Gasteiger charge is 1.94. The Morgan fingerprint density at radius 2 is 2.57 bits per heavy atom. The molecule has 1 N–H and O–H groups in total. The molecule has 0 atom stereocenters. The van der Waals surface area contributed by atoms with Gasteiger partial charge in [0, 0.05) is 13.2 Å². The van der Waals surface area contributed by atoms with Crippen LogP contribution in [0.5, 0.6) is 0 Å². The summed E-state index contributed by atoms with van der Waals surface area (Å²) in [6.07, 6.45) is 2.30. The third-order valence-electron chi connectivity index (χ3n) is 0.967. The van der Waals surface area contributed by atoms with E-state index in [0.29, 0.717) is 6.73 Å². The van der Waals surface area contributed by atoms with Gasteiger partial charge in [-0.05, 0) is 12.8 Å². The van der Waals surface area contributed by atoms with E-state index in [1.807, 2.05) is 6.54 Å². The van der Waals surface area contributed by atoms with Crippen LogP contribution in [-0.4, -0.2) is 13.3 Å². The normalized spacial score (nSPS) is 24.0. The summed E-state index contributed by atoms with van der Waals surface area (Å²) in [4.78, 5) is 0. The molecule has 0 spiro atoms. The lowest BCUT2D eigenvalue weighted by Crippen LogP contribution is -2.10. The van der Waals surface area contributed by atoms with Crippen LogP contribution in [0.2, 0.25) is 0 Å². The van der Waals surface area contributed by atoms with Crippen molar-refractivity contribution in [2.75, 3.05) is 13.3 Å². The maximum Gasteiger partial charge on any atom is 0.0967 e. The van der Waals surface area contributed by atoms with Gasteiger partial charge in [-0.1, -0.05) is 0 Å². The van der Waals surface area contributed by atoms with Crippen molar-refractivity contribution >= 4 is 0 Å². The first kappa shape index (κ1) is 5.06. The monoisotopic (exact) mass is 100 g/mol. The van der Waals surface area contributed by atoms with Gasteiger partial charge >= 0.3 is 0 Å². The summed E-state index contributed by atoms with van der Waals surface area (Å²) >= 11 is 0. The minimum absolute atomic E-state index is 0.694. The molecule has 1 saturated heterocycles. The van der Waals surface area contributed by atoms with E-state index in [1.165, 1.54) is 0 Å². The van der Waals surface area contributed by atoms with E-state index in [2.05, 4.69) is 5.32 Å². The average molecular weight is 100 g/mol. The Morgan fingerprint density at radius 3 is 3.57 bits per heavy atom. The summed E-state index contributed by atoms with van der Waals surface area (Å²) in [5.74, 6) is 0. The van der Waals surface area contributed by atoms with Crippen LogP contribution in [0.15, 0.2) is 0 Å². The van der Waals surface area contributed by atoms with Gasteiger partial charge in [0.2, 0.25) is 0 Å². The quantitative estimate of drug-likeness (QED) is 0.478. The van der Waals surface area contributed by atoms with Crippen molar-refractivity contribution in [3.63, 3.8) is 0 Å². The zero-order valence-corrected chi connectivity index (χ0v) is 4.31. The van der Waals surface area contributed by atoms with Crippen LogP contribution in [-0.2, 0) is 4.74 Å². The fourth-order valence-corrected chi connectivity index (χ4v) is 0.580. The number of rotatable bonds is 0. The number of ether oxygens (including phenoxy) is 1. The zero-order chi connectivity index (χ0) is 4.95. The molecular formula is C5H10NO. The van der Waals surface area contributed by atoms with E-state index in [4.69, 9.17) is 4.74 Å². The number of hydrogen-bond donors (Lipinski definition) is 1. The largest absolute Gasteiger partial charge is 0.366 e. The summed E-state index contributed by atoms with van der Waals surface area (Å²) in [6, 6.07) is 0. The minimum Gasteiger partial charge on any atom is -0.366 e. The van der Waals surface area contributed by atoms with Gasteiger partial charge < -0.3 is 4.74 Å². The molecule has 41 valence electrons. The predicted octanol–water partition coefficient (Wildman–Crippen LogP) is 0.506. The van der Waals surface area contributed by atoms with Gasteiger partial charge in [0.25, 0.3) is 0 Å². The van der Waals surface area contributed by atoms with E-state index in [9.17, 15) is 0 Å². The van der Waals surface area contributed by atoms with Gasteiger partial charge in [-0.15, -0.1) is 0 Å². The van der Waals surface area contributed by atoms with E-state index in [0.717, 1.165) is 19.4 Å². The number of hydrogen-bond acceptors (Lipinski definition) is 2. The molecule has 1 rings (SSSR count). The van der Waals surface area contributed by atoms with Crippen molar-refractivity contribution in [2.24, 2.45) is 0 Å². The van der Waals surface area contributed by atoms with Gasteiger partial charge in [0.1, 0.15) is 0 Å². The number of nitrogens with one attached hydrogen (secondary N) is 1. The van der Waals surface area contributed by atoms with Crippen LogP contribution in [0.4, 0.5) is 0 Å². The Balaban J connectivity index is 2.04. The van der Waals surface area contributed by atoms with E-state index < -0.39 is 0 Å². The summed E-state index contributed by atoms with van der Waals surface area (Å²) < 4.78 is 5.05. The molecular weight excluding hydrogens is 90.1 g/mol. The average Bonchev–Trinajstić information content (AvgIpc) is 1.90. The molecule has 2 heteroatoms. The second-order valence-electron chi connectivity index (χ2n) is 1.60. The maximum absolute atomic E-state index is 5.05. The molecule has 0 amide bonds. The van der Waals surface area contributed by atoms with Crippen molar-refractivity contribution in [3.05, 3.63) is 6.54 Å². The van der Waals surface area contributed by atoms with Crippen molar-refractivity contribution < 1.29 is 4.74 Å². The molecule has 0 aliphatic carbocycles. The summed E-state index contributed by atoms with van der Waals surface area (Å²) in [6.45, 7) is 3.65. The lowest BCUT2D eigenvalue weighted by atomic mass is 10.3. The molecule has 0 aromatic rings. The lowest BCUT2D eigenvalue weighted by molar-refractivity contribution is 0.133. The van der Waals surface area contributed by atoms with E-state index in [1.54, 1.807) is 0 Å². The van der Waals surface area contributed by atoms with Crippen molar-refractivity contribution in [3.8, 4) is 0 Å². The second-order valence-corrected chi connectivity index (χ2v) is 1.60. The fraction of sp³-hybridized carbons (Fsp3) is 0.800. The topological polar surface area (TPSA) is 21.3 Å². The maximum atomic E-state index is 5.05.